The van der Waals surface area contributed by atoms with Crippen molar-refractivity contribution in [2.45, 2.75) is 25.5 Å². The van der Waals surface area contributed by atoms with Gasteiger partial charge >= 0.3 is 0 Å². The van der Waals surface area contributed by atoms with E-state index in [0.29, 0.717) is 45.7 Å². The van der Waals surface area contributed by atoms with Crippen molar-refractivity contribution in [3.63, 3.8) is 0 Å². The smallest absolute Gasteiger partial charge is 0.228 e. The largest absolute Gasteiger partial charge is 0.326 e. The van der Waals surface area contributed by atoms with Crippen LogP contribution in [0.2, 0.25) is 15.1 Å². The van der Waals surface area contributed by atoms with Crippen LogP contribution in [-0.2, 0) is 20.6 Å². The summed E-state index contributed by atoms with van der Waals surface area (Å²) in [6.07, 6.45) is 1.21. The van der Waals surface area contributed by atoms with Gasteiger partial charge in [-0.3, -0.25) is 4.79 Å². The van der Waals surface area contributed by atoms with E-state index >= 15 is 0 Å². The first kappa shape index (κ1) is 22.4. The number of nitrogens with one attached hydrogen (secondary N) is 1. The molecule has 0 aliphatic carbocycles. The van der Waals surface area contributed by atoms with E-state index in [0.717, 1.165) is 5.56 Å². The predicted molar refractivity (Wildman–Crippen MR) is 118 cm³/mol. The summed E-state index contributed by atoms with van der Waals surface area (Å²) in [4.78, 5) is 12.8. The number of hydrogen-bond acceptors (Lipinski definition) is 3. The molecule has 156 valence electrons. The molecule has 1 saturated heterocycles. The van der Waals surface area contributed by atoms with Crippen molar-refractivity contribution in [3.05, 3.63) is 62.6 Å². The van der Waals surface area contributed by atoms with Crippen molar-refractivity contribution >= 4 is 56.4 Å². The van der Waals surface area contributed by atoms with Crippen molar-refractivity contribution < 1.29 is 13.2 Å². The zero-order valence-electron chi connectivity index (χ0n) is 15.8. The SMILES string of the molecule is Cc1ccc(Cl)cc1NC(=O)C1CCCN(S(=O)(=O)Cc2c(Cl)cccc2Cl)C1. The van der Waals surface area contributed by atoms with Gasteiger partial charge in [-0.2, -0.15) is 0 Å². The number of halogens is 3. The van der Waals surface area contributed by atoms with Crippen molar-refractivity contribution in [1.29, 1.82) is 0 Å². The van der Waals surface area contributed by atoms with E-state index in [1.54, 1.807) is 30.3 Å². The number of benzene rings is 2. The lowest BCUT2D eigenvalue weighted by Gasteiger charge is -2.31. The Bertz CT molecular complexity index is 1010. The summed E-state index contributed by atoms with van der Waals surface area (Å²) < 4.78 is 27.2. The van der Waals surface area contributed by atoms with Crippen LogP contribution >= 0.6 is 34.8 Å². The quantitative estimate of drug-likeness (QED) is 0.651. The molecule has 5 nitrogen and oxygen atoms in total. The first-order valence-electron chi connectivity index (χ1n) is 9.15. The van der Waals surface area contributed by atoms with Gasteiger partial charge in [-0.25, -0.2) is 12.7 Å². The molecule has 3 rings (SSSR count). The van der Waals surface area contributed by atoms with Gasteiger partial charge < -0.3 is 5.32 Å². The Hall–Kier alpha value is -1.31. The first-order chi connectivity index (χ1) is 13.7. The van der Waals surface area contributed by atoms with E-state index in [9.17, 15) is 13.2 Å². The maximum atomic E-state index is 12.9. The first-order valence-corrected chi connectivity index (χ1v) is 11.9. The molecule has 0 bridgehead atoms. The Morgan fingerprint density at radius 3 is 2.55 bits per heavy atom. The van der Waals surface area contributed by atoms with Crippen LogP contribution in [0.15, 0.2) is 36.4 Å². The van der Waals surface area contributed by atoms with Crippen LogP contribution in [-0.4, -0.2) is 31.7 Å². The highest BCUT2D eigenvalue weighted by molar-refractivity contribution is 7.88. The average molecular weight is 476 g/mol. The summed E-state index contributed by atoms with van der Waals surface area (Å²) in [6.45, 7) is 2.36. The number of sulfonamides is 1. The van der Waals surface area contributed by atoms with Crippen LogP contribution in [0.5, 0.6) is 0 Å². The number of piperidine rings is 1. The third kappa shape index (κ3) is 5.44. The summed E-state index contributed by atoms with van der Waals surface area (Å²) >= 11 is 18.3. The molecule has 1 N–H and O–H groups in total. The Morgan fingerprint density at radius 2 is 1.86 bits per heavy atom. The van der Waals surface area contributed by atoms with Gasteiger partial charge in [0.2, 0.25) is 15.9 Å². The number of carbonyl (C=O) groups is 1. The lowest BCUT2D eigenvalue weighted by Crippen LogP contribution is -2.44. The summed E-state index contributed by atoms with van der Waals surface area (Å²) in [5.41, 5.74) is 1.89. The van der Waals surface area contributed by atoms with E-state index in [1.165, 1.54) is 4.31 Å². The minimum Gasteiger partial charge on any atom is -0.326 e. The van der Waals surface area contributed by atoms with Gasteiger partial charge in [0.25, 0.3) is 0 Å². The molecule has 2 aromatic carbocycles. The second kappa shape index (κ2) is 9.23. The molecule has 1 amide bonds. The van der Waals surface area contributed by atoms with Crippen molar-refractivity contribution in [2.24, 2.45) is 5.92 Å². The van der Waals surface area contributed by atoms with E-state index in [1.807, 2.05) is 13.0 Å². The van der Waals surface area contributed by atoms with Crippen LogP contribution in [0, 0.1) is 12.8 Å². The van der Waals surface area contributed by atoms with E-state index < -0.39 is 15.9 Å². The third-order valence-electron chi connectivity index (χ3n) is 4.99. The third-order valence-corrected chi connectivity index (χ3v) is 7.71. The number of nitrogens with zero attached hydrogens (tertiary/aromatic N) is 1. The Labute approximate surface area is 186 Å². The molecule has 1 atom stereocenters. The fourth-order valence-electron chi connectivity index (χ4n) is 3.32. The lowest BCUT2D eigenvalue weighted by molar-refractivity contribution is -0.120. The molecule has 29 heavy (non-hydrogen) atoms. The van der Waals surface area contributed by atoms with E-state index in [4.69, 9.17) is 34.8 Å². The fourth-order valence-corrected chi connectivity index (χ4v) is 5.85. The minimum atomic E-state index is -3.67. The molecule has 1 unspecified atom stereocenters. The van der Waals surface area contributed by atoms with Gasteiger partial charge in [-0.1, -0.05) is 46.9 Å². The monoisotopic (exact) mass is 474 g/mol. The summed E-state index contributed by atoms with van der Waals surface area (Å²) in [5, 5.41) is 4.02. The second-order valence-corrected chi connectivity index (χ2v) is 10.3. The Morgan fingerprint density at radius 1 is 1.17 bits per heavy atom. The zero-order valence-corrected chi connectivity index (χ0v) is 18.9. The number of amides is 1. The van der Waals surface area contributed by atoms with Crippen LogP contribution in [0.1, 0.15) is 24.0 Å². The minimum absolute atomic E-state index is 0.121. The topological polar surface area (TPSA) is 66.5 Å². The predicted octanol–water partition coefficient (Wildman–Crippen LogP) is 5.14. The van der Waals surface area contributed by atoms with Gasteiger partial charge in [0.05, 0.1) is 11.7 Å². The van der Waals surface area contributed by atoms with Crippen LogP contribution in [0.25, 0.3) is 0 Å². The van der Waals surface area contributed by atoms with Crippen LogP contribution in [0.4, 0.5) is 5.69 Å². The van der Waals surface area contributed by atoms with Gasteiger partial charge in [0.1, 0.15) is 0 Å². The van der Waals surface area contributed by atoms with Crippen LogP contribution in [0.3, 0.4) is 0 Å². The molecule has 0 aromatic heterocycles. The number of aryl methyl sites for hydroxylation is 1. The van der Waals surface area contributed by atoms with Crippen molar-refractivity contribution in [2.75, 3.05) is 18.4 Å². The summed E-state index contributed by atoms with van der Waals surface area (Å²) in [7, 11) is -3.67. The van der Waals surface area contributed by atoms with Crippen molar-refractivity contribution in [3.8, 4) is 0 Å². The highest BCUT2D eigenvalue weighted by atomic mass is 35.5. The molecule has 0 saturated carbocycles. The number of carbonyl (C=O) groups excluding carboxylic acids is 1. The molecule has 0 radical (unpaired) electrons. The number of rotatable bonds is 5. The van der Waals surface area contributed by atoms with Gasteiger partial charge in [-0.05, 0) is 49.6 Å². The van der Waals surface area contributed by atoms with Gasteiger partial charge in [-0.15, -0.1) is 0 Å². The fraction of sp³-hybridized carbons (Fsp3) is 0.350. The molecular formula is C20H21Cl3N2O3S. The normalized spacial score (nSPS) is 17.9. The second-order valence-electron chi connectivity index (χ2n) is 7.10. The number of anilines is 1. The Balaban J connectivity index is 1.72. The van der Waals surface area contributed by atoms with E-state index in [2.05, 4.69) is 5.32 Å². The maximum Gasteiger partial charge on any atom is 0.228 e. The molecular weight excluding hydrogens is 455 g/mol. The standard InChI is InChI=1S/C20H21Cl3N2O3S/c1-13-7-8-15(21)10-19(13)24-20(26)14-4-3-9-25(11-14)29(27,28)12-16-17(22)5-2-6-18(16)23/h2,5-8,10,14H,3-4,9,11-12H2,1H3,(H,24,26). The molecule has 9 heteroatoms. The highest BCUT2D eigenvalue weighted by Crippen LogP contribution is 2.29. The van der Waals surface area contributed by atoms with Crippen molar-refractivity contribution in [1.82, 2.24) is 4.31 Å². The molecule has 1 heterocycles. The zero-order chi connectivity index (χ0) is 21.2. The van der Waals surface area contributed by atoms with Crippen LogP contribution < -0.4 is 5.32 Å². The molecule has 2 aromatic rings. The molecule has 1 aliphatic rings. The van der Waals surface area contributed by atoms with E-state index in [-0.39, 0.29) is 18.2 Å². The van der Waals surface area contributed by atoms with Gasteiger partial charge in [0.15, 0.2) is 0 Å². The lowest BCUT2D eigenvalue weighted by atomic mass is 9.98. The Kier molecular flexibility index (Phi) is 7.12. The molecule has 1 aliphatic heterocycles. The molecule has 1 fully saturated rings. The summed E-state index contributed by atoms with van der Waals surface area (Å²) in [5.74, 6) is -0.961. The average Bonchev–Trinajstić information content (AvgIpc) is 2.68. The summed E-state index contributed by atoms with van der Waals surface area (Å²) in [6, 6.07) is 10.1. The number of hydrogen-bond donors (Lipinski definition) is 1. The maximum absolute atomic E-state index is 12.9. The van der Waals surface area contributed by atoms with Gasteiger partial charge in [0, 0.05) is 39.4 Å². The molecule has 0 spiro atoms. The highest BCUT2D eigenvalue weighted by Gasteiger charge is 2.33.